The first kappa shape index (κ1) is 13.5. The number of carbonyl (C=O) groups excluding carboxylic acids is 1. The second-order valence-corrected chi connectivity index (χ2v) is 4.29. The Morgan fingerprint density at radius 2 is 1.82 bits per heavy atom. The van der Waals surface area contributed by atoms with Gasteiger partial charge in [-0.15, -0.1) is 0 Å². The van der Waals surface area contributed by atoms with Gasteiger partial charge in [0.15, 0.2) is 5.60 Å². The standard InChI is InChI=1S/C11H12ClNO4/c1-11(2,10(15)16)17-13-9(14)7-3-5-8(12)6-4-7/h3-6H,1-2H3,(H,13,14)(H,15,16). The third-order valence-electron chi connectivity index (χ3n) is 2.02. The molecule has 0 aliphatic carbocycles. The SMILES string of the molecule is CC(C)(ONC(=O)c1ccc(Cl)cc1)C(=O)O. The first-order valence-corrected chi connectivity index (χ1v) is 5.18. The summed E-state index contributed by atoms with van der Waals surface area (Å²) in [5, 5.41) is 9.28. The van der Waals surface area contributed by atoms with E-state index in [4.69, 9.17) is 21.5 Å². The van der Waals surface area contributed by atoms with Crippen molar-refractivity contribution in [3.05, 3.63) is 34.9 Å². The van der Waals surface area contributed by atoms with Gasteiger partial charge in [-0.25, -0.2) is 10.3 Å². The molecule has 0 heterocycles. The van der Waals surface area contributed by atoms with Crippen LogP contribution in [0.15, 0.2) is 24.3 Å². The molecular formula is C11H12ClNO4. The van der Waals surface area contributed by atoms with Crippen molar-refractivity contribution in [2.45, 2.75) is 19.4 Å². The Labute approximate surface area is 103 Å². The fourth-order valence-electron chi connectivity index (χ4n) is 0.878. The van der Waals surface area contributed by atoms with E-state index in [1.807, 2.05) is 0 Å². The van der Waals surface area contributed by atoms with Crippen LogP contribution in [0.5, 0.6) is 0 Å². The number of hydrogen-bond acceptors (Lipinski definition) is 3. The predicted molar refractivity (Wildman–Crippen MR) is 61.7 cm³/mol. The fraction of sp³-hybridized carbons (Fsp3) is 0.273. The Bertz CT molecular complexity index is 428. The highest BCUT2D eigenvalue weighted by molar-refractivity contribution is 6.30. The van der Waals surface area contributed by atoms with Gasteiger partial charge in [-0.3, -0.25) is 9.63 Å². The quantitative estimate of drug-likeness (QED) is 0.808. The molecule has 0 saturated carbocycles. The van der Waals surface area contributed by atoms with Gasteiger partial charge in [0, 0.05) is 10.6 Å². The van der Waals surface area contributed by atoms with Crippen LogP contribution >= 0.6 is 11.6 Å². The van der Waals surface area contributed by atoms with Crippen LogP contribution in [0.1, 0.15) is 24.2 Å². The maximum Gasteiger partial charge on any atom is 0.338 e. The smallest absolute Gasteiger partial charge is 0.338 e. The summed E-state index contributed by atoms with van der Waals surface area (Å²) in [4.78, 5) is 27.1. The van der Waals surface area contributed by atoms with Crippen molar-refractivity contribution in [2.75, 3.05) is 0 Å². The summed E-state index contributed by atoms with van der Waals surface area (Å²) in [5.41, 5.74) is 0.922. The van der Waals surface area contributed by atoms with Crippen LogP contribution in [-0.2, 0) is 9.63 Å². The van der Waals surface area contributed by atoms with Gasteiger partial charge in [0.2, 0.25) is 0 Å². The lowest BCUT2D eigenvalue weighted by molar-refractivity contribution is -0.167. The molecule has 5 nitrogen and oxygen atoms in total. The average Bonchev–Trinajstić information content (AvgIpc) is 2.27. The first-order valence-electron chi connectivity index (χ1n) is 4.80. The Balaban J connectivity index is 2.62. The molecule has 0 aliphatic rings. The Kier molecular flexibility index (Phi) is 4.09. The molecule has 0 fully saturated rings. The van der Waals surface area contributed by atoms with Gasteiger partial charge in [0.05, 0.1) is 0 Å². The average molecular weight is 258 g/mol. The monoisotopic (exact) mass is 257 g/mol. The van der Waals surface area contributed by atoms with Crippen LogP contribution in [0.4, 0.5) is 0 Å². The summed E-state index contributed by atoms with van der Waals surface area (Å²) in [5.74, 6) is -1.70. The molecule has 0 bridgehead atoms. The largest absolute Gasteiger partial charge is 0.479 e. The van der Waals surface area contributed by atoms with E-state index in [2.05, 4.69) is 5.48 Å². The van der Waals surface area contributed by atoms with Crippen LogP contribution < -0.4 is 5.48 Å². The number of carboxylic acid groups (broad SMARTS) is 1. The van der Waals surface area contributed by atoms with E-state index in [0.717, 1.165) is 0 Å². The lowest BCUT2D eigenvalue weighted by Gasteiger charge is -2.19. The van der Waals surface area contributed by atoms with E-state index in [1.54, 1.807) is 12.1 Å². The Hall–Kier alpha value is -1.59. The van der Waals surface area contributed by atoms with Gasteiger partial charge in [-0.2, -0.15) is 0 Å². The van der Waals surface area contributed by atoms with Crippen molar-refractivity contribution >= 4 is 23.5 Å². The molecule has 1 rings (SSSR count). The highest BCUT2D eigenvalue weighted by atomic mass is 35.5. The normalized spacial score (nSPS) is 11.0. The molecule has 0 saturated heterocycles. The maximum atomic E-state index is 11.6. The zero-order valence-electron chi connectivity index (χ0n) is 9.36. The molecule has 0 aliphatic heterocycles. The number of amides is 1. The van der Waals surface area contributed by atoms with Crippen LogP contribution in [0, 0.1) is 0 Å². The van der Waals surface area contributed by atoms with Gasteiger partial charge < -0.3 is 5.11 Å². The van der Waals surface area contributed by atoms with Crippen molar-refractivity contribution < 1.29 is 19.5 Å². The summed E-state index contributed by atoms with van der Waals surface area (Å²) in [6.07, 6.45) is 0. The third-order valence-corrected chi connectivity index (χ3v) is 2.27. The maximum absolute atomic E-state index is 11.6. The minimum Gasteiger partial charge on any atom is -0.479 e. The summed E-state index contributed by atoms with van der Waals surface area (Å²) >= 11 is 5.67. The molecule has 1 aromatic rings. The molecular weight excluding hydrogens is 246 g/mol. The fourth-order valence-corrected chi connectivity index (χ4v) is 1.00. The van der Waals surface area contributed by atoms with Crippen molar-refractivity contribution in [1.82, 2.24) is 5.48 Å². The second-order valence-electron chi connectivity index (χ2n) is 3.86. The molecule has 1 aromatic carbocycles. The zero-order chi connectivity index (χ0) is 13.1. The van der Waals surface area contributed by atoms with Crippen LogP contribution in [0.2, 0.25) is 5.02 Å². The van der Waals surface area contributed by atoms with E-state index in [1.165, 1.54) is 26.0 Å². The number of carbonyl (C=O) groups is 2. The molecule has 1 amide bonds. The molecule has 0 atom stereocenters. The molecule has 17 heavy (non-hydrogen) atoms. The van der Waals surface area contributed by atoms with Gasteiger partial charge in [-0.1, -0.05) is 11.6 Å². The minimum atomic E-state index is -1.48. The van der Waals surface area contributed by atoms with Gasteiger partial charge in [0.25, 0.3) is 5.91 Å². The third kappa shape index (κ3) is 3.72. The second kappa shape index (κ2) is 5.16. The molecule has 2 N–H and O–H groups in total. The topological polar surface area (TPSA) is 75.6 Å². The number of hydrogen-bond donors (Lipinski definition) is 2. The molecule has 92 valence electrons. The number of carboxylic acids is 1. The number of hydroxylamine groups is 1. The molecule has 0 aromatic heterocycles. The van der Waals surface area contributed by atoms with Crippen LogP contribution in [0.25, 0.3) is 0 Å². The van der Waals surface area contributed by atoms with E-state index < -0.39 is 17.5 Å². The van der Waals surface area contributed by atoms with Crippen LogP contribution in [-0.4, -0.2) is 22.6 Å². The number of rotatable bonds is 4. The van der Waals surface area contributed by atoms with Crippen molar-refractivity contribution in [3.8, 4) is 0 Å². The Morgan fingerprint density at radius 3 is 2.29 bits per heavy atom. The summed E-state index contributed by atoms with van der Waals surface area (Å²) in [6, 6.07) is 6.13. The van der Waals surface area contributed by atoms with Gasteiger partial charge >= 0.3 is 5.97 Å². The number of halogens is 1. The van der Waals surface area contributed by atoms with Gasteiger partial charge in [-0.05, 0) is 38.1 Å². The van der Waals surface area contributed by atoms with Gasteiger partial charge in [0.1, 0.15) is 0 Å². The summed E-state index contributed by atoms with van der Waals surface area (Å²) < 4.78 is 0. The molecule has 0 spiro atoms. The van der Waals surface area contributed by atoms with E-state index in [-0.39, 0.29) is 0 Å². The van der Waals surface area contributed by atoms with Crippen molar-refractivity contribution in [3.63, 3.8) is 0 Å². The number of benzene rings is 1. The van der Waals surface area contributed by atoms with E-state index >= 15 is 0 Å². The number of nitrogens with one attached hydrogen (secondary N) is 1. The number of aliphatic carboxylic acids is 1. The first-order chi connectivity index (χ1) is 7.83. The molecule has 0 radical (unpaired) electrons. The predicted octanol–water partition coefficient (Wildman–Crippen LogP) is 1.86. The summed E-state index contributed by atoms with van der Waals surface area (Å²) in [6.45, 7) is 2.66. The Morgan fingerprint density at radius 1 is 1.29 bits per heavy atom. The van der Waals surface area contributed by atoms with E-state index in [9.17, 15) is 9.59 Å². The van der Waals surface area contributed by atoms with Crippen LogP contribution in [0.3, 0.4) is 0 Å². The highest BCUT2D eigenvalue weighted by Crippen LogP contribution is 2.11. The molecule has 0 unspecified atom stereocenters. The van der Waals surface area contributed by atoms with Crippen molar-refractivity contribution in [1.29, 1.82) is 0 Å². The minimum absolute atomic E-state index is 0.329. The summed E-state index contributed by atoms with van der Waals surface area (Å²) in [7, 11) is 0. The lowest BCUT2D eigenvalue weighted by Crippen LogP contribution is -2.41. The zero-order valence-corrected chi connectivity index (χ0v) is 10.1. The van der Waals surface area contributed by atoms with Crippen molar-refractivity contribution in [2.24, 2.45) is 0 Å². The molecule has 6 heteroatoms. The van der Waals surface area contributed by atoms with E-state index in [0.29, 0.717) is 10.6 Å². The lowest BCUT2D eigenvalue weighted by atomic mass is 10.1. The highest BCUT2D eigenvalue weighted by Gasteiger charge is 2.29.